The van der Waals surface area contributed by atoms with Crippen molar-refractivity contribution in [3.8, 4) is 0 Å². The van der Waals surface area contributed by atoms with Crippen LogP contribution in [0.25, 0.3) is 10.9 Å². The molecule has 1 saturated heterocycles. The number of aliphatic carboxylic acids is 1. The van der Waals surface area contributed by atoms with Gasteiger partial charge in [-0.15, -0.1) is 0 Å². The Kier molecular flexibility index (Phi) is 10.1. The van der Waals surface area contributed by atoms with Gasteiger partial charge in [-0.25, -0.2) is 4.79 Å². The average Bonchev–Trinajstić information content (AvgIpc) is 3.30. The fourth-order valence-corrected chi connectivity index (χ4v) is 4.24. The molecule has 1 amide bonds. The van der Waals surface area contributed by atoms with Crippen LogP contribution in [-0.2, 0) is 16.0 Å². The number of carboxylic acid groups (broad SMARTS) is 1. The molecule has 0 spiro atoms. The number of ether oxygens (including phenoxy) is 1. The lowest BCUT2D eigenvalue weighted by molar-refractivity contribution is -0.192. The molecule has 8 nitrogen and oxygen atoms in total. The number of para-hydroxylation sites is 1. The summed E-state index contributed by atoms with van der Waals surface area (Å²) in [5, 5.41) is 22.6. The third-order valence-electron chi connectivity index (χ3n) is 5.99. The minimum absolute atomic E-state index is 0.0399. The Balaban J connectivity index is 0.000000505. The fourth-order valence-electron chi connectivity index (χ4n) is 4.04. The van der Waals surface area contributed by atoms with Crippen LogP contribution in [0.5, 0.6) is 0 Å². The number of morpholine rings is 1. The Morgan fingerprint density at radius 1 is 1.18 bits per heavy atom. The van der Waals surface area contributed by atoms with E-state index < -0.39 is 18.2 Å². The maximum absolute atomic E-state index is 13.0. The number of carboxylic acids is 1. The zero-order chi connectivity index (χ0) is 27.9. The molecule has 1 aliphatic heterocycles. The highest BCUT2D eigenvalue weighted by molar-refractivity contribution is 6.30. The van der Waals surface area contributed by atoms with Gasteiger partial charge >= 0.3 is 12.1 Å². The Hall–Kier alpha value is -3.12. The molecule has 2 atom stereocenters. The van der Waals surface area contributed by atoms with Crippen LogP contribution in [0.1, 0.15) is 34.5 Å². The van der Waals surface area contributed by atoms with Crippen LogP contribution < -0.4 is 5.32 Å². The van der Waals surface area contributed by atoms with E-state index in [1.165, 1.54) is 0 Å². The van der Waals surface area contributed by atoms with E-state index in [9.17, 15) is 23.1 Å². The molecule has 2 heterocycles. The van der Waals surface area contributed by atoms with Gasteiger partial charge < -0.3 is 30.2 Å². The SMILES string of the molecule is C[C@H](Cc1c[nH]c2c(C(=O)N3CCOCC3)cccc12)NC[C@H](O)c1cccc(Cl)c1.O=C(O)C(F)(F)F. The quantitative estimate of drug-likeness (QED) is 0.348. The standard InChI is InChI=1S/C24H28ClN3O3.C2HF3O2/c1-16(26-15-22(29)17-4-2-5-19(25)13-17)12-18-14-27-23-20(18)6-3-7-21(23)24(30)28-8-10-31-11-9-28;3-2(4,5)1(6)7/h2-7,13-14,16,22,26-27,29H,8-12,15H2,1H3;(H,6,7)/t16-,22+;/m1./s1. The number of amides is 1. The summed E-state index contributed by atoms with van der Waals surface area (Å²) in [5.74, 6) is -2.72. The normalized spacial score (nSPS) is 15.5. The lowest BCUT2D eigenvalue weighted by atomic mass is 10.0. The summed E-state index contributed by atoms with van der Waals surface area (Å²) in [6.07, 6.45) is -2.95. The summed E-state index contributed by atoms with van der Waals surface area (Å²) in [7, 11) is 0. The predicted molar refractivity (Wildman–Crippen MR) is 136 cm³/mol. The topological polar surface area (TPSA) is 115 Å². The smallest absolute Gasteiger partial charge is 0.475 e. The number of fused-ring (bicyclic) bond motifs is 1. The number of rotatable bonds is 7. The summed E-state index contributed by atoms with van der Waals surface area (Å²) >= 11 is 6.02. The van der Waals surface area contributed by atoms with E-state index in [4.69, 9.17) is 26.2 Å². The van der Waals surface area contributed by atoms with Crippen molar-refractivity contribution < 1.29 is 37.7 Å². The van der Waals surface area contributed by atoms with E-state index in [1.807, 2.05) is 41.4 Å². The van der Waals surface area contributed by atoms with E-state index in [0.29, 0.717) is 43.4 Å². The zero-order valence-electron chi connectivity index (χ0n) is 20.6. The lowest BCUT2D eigenvalue weighted by Crippen LogP contribution is -2.40. The first-order valence-electron chi connectivity index (χ1n) is 11.9. The van der Waals surface area contributed by atoms with Gasteiger partial charge in [0.25, 0.3) is 5.91 Å². The van der Waals surface area contributed by atoms with Crippen molar-refractivity contribution in [2.24, 2.45) is 0 Å². The number of carbonyl (C=O) groups is 2. The highest BCUT2D eigenvalue weighted by atomic mass is 35.5. The summed E-state index contributed by atoms with van der Waals surface area (Å²) in [6, 6.07) is 13.3. The Bertz CT molecular complexity index is 1240. The van der Waals surface area contributed by atoms with Crippen molar-refractivity contribution in [1.82, 2.24) is 15.2 Å². The van der Waals surface area contributed by atoms with Crippen molar-refractivity contribution in [3.63, 3.8) is 0 Å². The van der Waals surface area contributed by atoms with Crippen molar-refractivity contribution in [1.29, 1.82) is 0 Å². The molecule has 4 N–H and O–H groups in total. The molecule has 12 heteroatoms. The molecule has 0 unspecified atom stereocenters. The van der Waals surface area contributed by atoms with Crippen molar-refractivity contribution in [3.05, 3.63) is 70.4 Å². The van der Waals surface area contributed by atoms with Gasteiger partial charge in [0.2, 0.25) is 0 Å². The van der Waals surface area contributed by atoms with Crippen molar-refractivity contribution in [2.75, 3.05) is 32.8 Å². The number of hydrogen-bond donors (Lipinski definition) is 4. The highest BCUT2D eigenvalue weighted by Gasteiger charge is 2.38. The number of hydrogen-bond acceptors (Lipinski definition) is 5. The third-order valence-corrected chi connectivity index (χ3v) is 6.23. The molecule has 0 bridgehead atoms. The summed E-state index contributed by atoms with van der Waals surface area (Å²) in [4.78, 5) is 27.0. The third kappa shape index (κ3) is 7.94. The predicted octanol–water partition coefficient (Wildman–Crippen LogP) is 4.18. The summed E-state index contributed by atoms with van der Waals surface area (Å²) < 4.78 is 37.1. The lowest BCUT2D eigenvalue weighted by Gasteiger charge is -2.27. The maximum Gasteiger partial charge on any atom is 0.490 e. The largest absolute Gasteiger partial charge is 0.490 e. The number of aromatic nitrogens is 1. The number of nitrogens with one attached hydrogen (secondary N) is 2. The Labute approximate surface area is 222 Å². The van der Waals surface area contributed by atoms with E-state index in [2.05, 4.69) is 17.2 Å². The second-order valence-corrected chi connectivity index (χ2v) is 9.27. The maximum atomic E-state index is 13.0. The monoisotopic (exact) mass is 555 g/mol. The van der Waals surface area contributed by atoms with Gasteiger partial charge in [-0.05, 0) is 42.7 Å². The second-order valence-electron chi connectivity index (χ2n) is 8.83. The van der Waals surface area contributed by atoms with Crippen LogP contribution in [0.4, 0.5) is 13.2 Å². The zero-order valence-corrected chi connectivity index (χ0v) is 21.4. The molecule has 0 radical (unpaired) electrons. The van der Waals surface area contributed by atoms with Gasteiger partial charge in [0.15, 0.2) is 0 Å². The van der Waals surface area contributed by atoms with Crippen LogP contribution >= 0.6 is 11.6 Å². The number of H-pyrrole nitrogens is 1. The molecule has 2 aromatic carbocycles. The first-order chi connectivity index (χ1) is 18.0. The second kappa shape index (κ2) is 13.1. The molecule has 0 saturated carbocycles. The van der Waals surface area contributed by atoms with Gasteiger partial charge in [-0.2, -0.15) is 13.2 Å². The average molecular weight is 556 g/mol. The molecule has 0 aliphatic carbocycles. The summed E-state index contributed by atoms with van der Waals surface area (Å²) in [5.41, 5.74) is 3.51. The minimum Gasteiger partial charge on any atom is -0.475 e. The highest BCUT2D eigenvalue weighted by Crippen LogP contribution is 2.25. The molecule has 38 heavy (non-hydrogen) atoms. The number of aliphatic hydroxyl groups is 1. The molecular formula is C26H29ClF3N3O5. The van der Waals surface area contributed by atoms with Crippen molar-refractivity contribution in [2.45, 2.75) is 31.7 Å². The number of halogens is 4. The summed E-state index contributed by atoms with van der Waals surface area (Å²) in [6.45, 7) is 4.94. The molecule has 3 aromatic rings. The number of carbonyl (C=O) groups excluding carboxylic acids is 1. The van der Waals surface area contributed by atoms with Crippen LogP contribution in [0.3, 0.4) is 0 Å². The van der Waals surface area contributed by atoms with E-state index in [0.717, 1.165) is 28.5 Å². The number of aliphatic hydroxyl groups excluding tert-OH is 1. The van der Waals surface area contributed by atoms with Crippen LogP contribution in [0.15, 0.2) is 48.7 Å². The van der Waals surface area contributed by atoms with Crippen LogP contribution in [-0.4, -0.2) is 77.0 Å². The fraction of sp³-hybridized carbons (Fsp3) is 0.385. The van der Waals surface area contributed by atoms with Gasteiger partial charge in [0, 0.05) is 42.3 Å². The molecule has 1 fully saturated rings. The van der Waals surface area contributed by atoms with Gasteiger partial charge in [-0.3, -0.25) is 4.79 Å². The van der Waals surface area contributed by atoms with Gasteiger partial charge in [0.1, 0.15) is 0 Å². The molecule has 4 rings (SSSR count). The first kappa shape index (κ1) is 29.4. The Morgan fingerprint density at radius 3 is 2.47 bits per heavy atom. The van der Waals surface area contributed by atoms with E-state index >= 15 is 0 Å². The number of alkyl halides is 3. The molecule has 1 aromatic heterocycles. The van der Waals surface area contributed by atoms with Crippen LogP contribution in [0.2, 0.25) is 5.02 Å². The number of benzene rings is 2. The van der Waals surface area contributed by atoms with E-state index in [1.54, 1.807) is 12.1 Å². The minimum atomic E-state index is -5.08. The van der Waals surface area contributed by atoms with Crippen molar-refractivity contribution >= 4 is 34.4 Å². The Morgan fingerprint density at radius 2 is 1.84 bits per heavy atom. The van der Waals surface area contributed by atoms with E-state index in [-0.39, 0.29) is 11.9 Å². The van der Waals surface area contributed by atoms with Gasteiger partial charge in [0.05, 0.1) is 30.4 Å². The molecular weight excluding hydrogens is 527 g/mol. The van der Waals surface area contributed by atoms with Gasteiger partial charge in [-0.1, -0.05) is 35.9 Å². The number of aromatic amines is 1. The molecule has 206 valence electrons. The molecule has 1 aliphatic rings. The first-order valence-corrected chi connectivity index (χ1v) is 12.3. The number of nitrogens with zero attached hydrogens (tertiary/aromatic N) is 1. The van der Waals surface area contributed by atoms with Crippen LogP contribution in [0, 0.1) is 0 Å².